The molecule has 3 heterocycles. The smallest absolute Gasteiger partial charge is 0.329 e. The lowest BCUT2D eigenvalue weighted by atomic mass is 10.4. The van der Waals surface area contributed by atoms with Crippen molar-refractivity contribution < 1.29 is 27.3 Å². The van der Waals surface area contributed by atoms with E-state index < -0.39 is 12.1 Å². The van der Waals surface area contributed by atoms with Crippen LogP contribution in [-0.4, -0.2) is 46.3 Å². The Labute approximate surface area is 138 Å². The van der Waals surface area contributed by atoms with Crippen LogP contribution in [0, 0.1) is 0 Å². The molecule has 0 aliphatic carbocycles. The number of alkyl halides is 3. The highest BCUT2D eigenvalue weighted by Crippen LogP contribution is 2.32. The number of hydrogen-bond donors (Lipinski definition) is 0. The quantitative estimate of drug-likeness (QED) is 0.839. The predicted molar refractivity (Wildman–Crippen MR) is 76.8 cm³/mol. The van der Waals surface area contributed by atoms with Crippen molar-refractivity contribution >= 4 is 17.4 Å². The van der Waals surface area contributed by atoms with Gasteiger partial charge in [-0.1, -0.05) is 5.16 Å². The fourth-order valence-corrected chi connectivity index (χ4v) is 3.10. The molecule has 1 aliphatic heterocycles. The van der Waals surface area contributed by atoms with E-state index in [4.69, 9.17) is 4.84 Å². The van der Waals surface area contributed by atoms with Gasteiger partial charge in [-0.25, -0.2) is 9.86 Å². The number of hydrogen-bond acceptors (Lipinski definition) is 6. The van der Waals surface area contributed by atoms with Gasteiger partial charge in [0.15, 0.2) is 0 Å². The van der Waals surface area contributed by atoms with Crippen molar-refractivity contribution in [2.24, 2.45) is 0 Å². The minimum Gasteiger partial charge on any atom is -0.329 e. The van der Waals surface area contributed by atoms with Gasteiger partial charge in [-0.15, -0.1) is 11.3 Å². The van der Waals surface area contributed by atoms with E-state index in [0.717, 1.165) is 11.3 Å². The molecular weight excluding hydrogens is 349 g/mol. The van der Waals surface area contributed by atoms with Crippen molar-refractivity contribution in [1.82, 2.24) is 20.1 Å². The van der Waals surface area contributed by atoms with E-state index >= 15 is 0 Å². The first kappa shape index (κ1) is 16.7. The van der Waals surface area contributed by atoms with Gasteiger partial charge in [0.1, 0.15) is 0 Å². The molecule has 0 aromatic carbocycles. The molecule has 0 N–H and O–H groups in total. The normalized spacial score (nSPS) is 15.1. The number of nitrogens with zero attached hydrogens (tertiary/aromatic N) is 4. The van der Waals surface area contributed by atoms with E-state index in [2.05, 4.69) is 14.7 Å². The molecule has 1 aliphatic rings. The van der Waals surface area contributed by atoms with Crippen LogP contribution in [0.15, 0.2) is 16.7 Å². The van der Waals surface area contributed by atoms with Crippen LogP contribution in [0.5, 0.6) is 0 Å². The highest BCUT2D eigenvalue weighted by atomic mass is 32.1. The van der Waals surface area contributed by atoms with Crippen molar-refractivity contribution in [3.8, 4) is 10.7 Å². The maximum atomic E-state index is 12.5. The van der Waals surface area contributed by atoms with Gasteiger partial charge in [-0.05, 0) is 18.6 Å². The summed E-state index contributed by atoms with van der Waals surface area (Å²) in [5.74, 6) is -1.51. The van der Waals surface area contributed by atoms with Crippen molar-refractivity contribution in [3.63, 3.8) is 0 Å². The van der Waals surface area contributed by atoms with Crippen molar-refractivity contribution in [1.29, 1.82) is 0 Å². The second-order valence-electron chi connectivity index (χ2n) is 5.11. The fourth-order valence-electron chi connectivity index (χ4n) is 2.11. The van der Waals surface area contributed by atoms with Gasteiger partial charge in [-0.2, -0.15) is 18.2 Å². The molecule has 0 atom stereocenters. The topological polar surface area (TPSA) is 71.7 Å². The van der Waals surface area contributed by atoms with Gasteiger partial charge in [-0.3, -0.25) is 4.84 Å². The molecule has 2 amide bonds. The monoisotopic (exact) mass is 362 g/mol. The van der Waals surface area contributed by atoms with Gasteiger partial charge in [0.25, 0.3) is 0 Å². The summed E-state index contributed by atoms with van der Waals surface area (Å²) in [6.07, 6.45) is -3.88. The van der Waals surface area contributed by atoms with Crippen LogP contribution in [0.25, 0.3) is 10.7 Å². The lowest BCUT2D eigenvalue weighted by Gasteiger charge is -2.22. The number of rotatable bonds is 3. The number of hydroxylamine groups is 2. The predicted octanol–water partition coefficient (Wildman–Crippen LogP) is 3.01. The summed E-state index contributed by atoms with van der Waals surface area (Å²) in [4.78, 5) is 23.3. The fraction of sp³-hybridized carbons (Fsp3) is 0.462. The Balaban J connectivity index is 1.67. The second-order valence-corrected chi connectivity index (χ2v) is 6.28. The minimum atomic E-state index is -4.67. The zero-order valence-electron chi connectivity index (χ0n) is 12.5. The van der Waals surface area contributed by atoms with E-state index in [-0.39, 0.29) is 11.9 Å². The molecule has 7 nitrogen and oxygen atoms in total. The number of aromatic nitrogens is 2. The SMILES string of the molecule is CN(Cc1ccc(-c2noc(C(F)(F)F)n2)s1)C(=O)N1CCCO1. The van der Waals surface area contributed by atoms with E-state index in [1.807, 2.05) is 0 Å². The van der Waals surface area contributed by atoms with Crippen molar-refractivity contribution in [3.05, 3.63) is 22.9 Å². The average molecular weight is 362 g/mol. The van der Waals surface area contributed by atoms with Crippen LogP contribution in [0.2, 0.25) is 0 Å². The Morgan fingerprint density at radius 2 is 2.25 bits per heavy atom. The molecule has 11 heteroatoms. The third-order valence-electron chi connectivity index (χ3n) is 3.24. The molecule has 24 heavy (non-hydrogen) atoms. The third kappa shape index (κ3) is 3.51. The zero-order valence-corrected chi connectivity index (χ0v) is 13.4. The third-order valence-corrected chi connectivity index (χ3v) is 4.30. The number of thiophene rings is 1. The Bertz CT molecular complexity index is 724. The first-order valence-corrected chi connectivity index (χ1v) is 7.82. The summed E-state index contributed by atoms with van der Waals surface area (Å²) in [5, 5.41) is 4.63. The number of amides is 2. The maximum absolute atomic E-state index is 12.5. The summed E-state index contributed by atoms with van der Waals surface area (Å²) in [5.41, 5.74) is 0. The van der Waals surface area contributed by atoms with Gasteiger partial charge in [0.2, 0.25) is 5.82 Å². The first-order valence-electron chi connectivity index (χ1n) is 7.00. The van der Waals surface area contributed by atoms with Crippen LogP contribution >= 0.6 is 11.3 Å². The van der Waals surface area contributed by atoms with Gasteiger partial charge in [0.05, 0.1) is 24.6 Å². The average Bonchev–Trinajstić information content (AvgIpc) is 3.25. The maximum Gasteiger partial charge on any atom is 0.471 e. The summed E-state index contributed by atoms with van der Waals surface area (Å²) < 4.78 is 41.6. The molecule has 2 aromatic rings. The Morgan fingerprint density at radius 3 is 2.88 bits per heavy atom. The minimum absolute atomic E-state index is 0.129. The van der Waals surface area contributed by atoms with Crippen molar-refractivity contribution in [2.75, 3.05) is 20.2 Å². The van der Waals surface area contributed by atoms with Crippen LogP contribution in [0.3, 0.4) is 0 Å². The molecule has 2 aromatic heterocycles. The lowest BCUT2D eigenvalue weighted by molar-refractivity contribution is -0.159. The van der Waals surface area contributed by atoms with E-state index in [1.165, 1.54) is 21.3 Å². The van der Waals surface area contributed by atoms with Crippen LogP contribution in [0.1, 0.15) is 17.2 Å². The largest absolute Gasteiger partial charge is 0.471 e. The Hall–Kier alpha value is -2.14. The summed E-state index contributed by atoms with van der Waals surface area (Å²) in [6, 6.07) is 3.04. The molecule has 0 radical (unpaired) electrons. The van der Waals surface area contributed by atoms with Crippen LogP contribution in [0.4, 0.5) is 18.0 Å². The highest BCUT2D eigenvalue weighted by Gasteiger charge is 2.38. The molecular formula is C13H13F3N4O3S. The van der Waals surface area contributed by atoms with Gasteiger partial charge >= 0.3 is 18.1 Å². The molecule has 0 unspecified atom stereocenters. The molecule has 3 rings (SSSR count). The van der Waals surface area contributed by atoms with Crippen LogP contribution in [-0.2, 0) is 17.6 Å². The van der Waals surface area contributed by atoms with Gasteiger partial charge in [0, 0.05) is 11.9 Å². The number of halogens is 3. The van der Waals surface area contributed by atoms with E-state index in [1.54, 1.807) is 19.2 Å². The highest BCUT2D eigenvalue weighted by molar-refractivity contribution is 7.15. The molecule has 0 bridgehead atoms. The summed E-state index contributed by atoms with van der Waals surface area (Å²) in [6.45, 7) is 1.36. The standard InChI is InChI=1S/C13H13F3N4O3S/c1-19(12(21)20-5-2-6-22-20)7-8-3-4-9(24-8)10-17-11(23-18-10)13(14,15)16/h3-4H,2,5-7H2,1H3. The van der Waals surface area contributed by atoms with Crippen molar-refractivity contribution in [2.45, 2.75) is 19.1 Å². The number of carbonyl (C=O) groups is 1. The zero-order chi connectivity index (χ0) is 17.3. The Kier molecular flexibility index (Phi) is 4.45. The molecule has 1 fully saturated rings. The summed E-state index contributed by atoms with van der Waals surface area (Å²) in [7, 11) is 1.62. The Morgan fingerprint density at radius 1 is 1.46 bits per heavy atom. The van der Waals surface area contributed by atoms with E-state index in [9.17, 15) is 18.0 Å². The molecule has 130 valence electrons. The number of carbonyl (C=O) groups excluding carboxylic acids is 1. The molecule has 1 saturated heterocycles. The van der Waals surface area contributed by atoms with Crippen LogP contribution < -0.4 is 0 Å². The summed E-state index contributed by atoms with van der Waals surface area (Å²) >= 11 is 1.19. The van der Waals surface area contributed by atoms with E-state index in [0.29, 0.717) is 24.6 Å². The lowest BCUT2D eigenvalue weighted by Crippen LogP contribution is -2.38. The second kappa shape index (κ2) is 6.40. The number of urea groups is 1. The first-order chi connectivity index (χ1) is 11.3. The molecule has 0 saturated carbocycles. The van der Waals surface area contributed by atoms with Gasteiger partial charge < -0.3 is 9.42 Å². The molecule has 0 spiro atoms.